The second-order valence-corrected chi connectivity index (χ2v) is 8.92. The summed E-state index contributed by atoms with van der Waals surface area (Å²) in [5.74, 6) is 1.46. The maximum Gasteiger partial charge on any atom is 0.231 e. The number of rotatable bonds is 3. The van der Waals surface area contributed by atoms with Crippen molar-refractivity contribution in [3.8, 4) is 11.5 Å². The molecular formula is C21H24N4O4S. The normalized spacial score (nSPS) is 20.1. The molecular weight excluding hydrogens is 404 g/mol. The number of aromatic nitrogens is 1. The summed E-state index contributed by atoms with van der Waals surface area (Å²) < 4.78 is 10.7. The molecule has 30 heavy (non-hydrogen) atoms. The Morgan fingerprint density at radius 1 is 1.17 bits per heavy atom. The molecule has 2 aromatic rings. The fraction of sp³-hybridized carbons (Fsp3) is 0.476. The number of nitrogens with one attached hydrogen (secondary N) is 1. The highest BCUT2D eigenvalue weighted by Crippen LogP contribution is 2.36. The Kier molecular flexibility index (Phi) is 4.98. The van der Waals surface area contributed by atoms with E-state index in [-0.39, 0.29) is 24.5 Å². The third-order valence-corrected chi connectivity index (χ3v) is 7.12. The Balaban J connectivity index is 1.22. The Morgan fingerprint density at radius 3 is 2.77 bits per heavy atom. The number of anilines is 2. The summed E-state index contributed by atoms with van der Waals surface area (Å²) in [6.45, 7) is 4.92. The maximum atomic E-state index is 12.8. The summed E-state index contributed by atoms with van der Waals surface area (Å²) in [6.07, 6.45) is 2.33. The van der Waals surface area contributed by atoms with Crippen LogP contribution in [0.15, 0.2) is 18.2 Å². The van der Waals surface area contributed by atoms with Gasteiger partial charge in [0.15, 0.2) is 16.6 Å². The van der Waals surface area contributed by atoms with E-state index < -0.39 is 0 Å². The van der Waals surface area contributed by atoms with Crippen molar-refractivity contribution >= 4 is 34.0 Å². The Morgan fingerprint density at radius 2 is 1.97 bits per heavy atom. The van der Waals surface area contributed by atoms with Crippen LogP contribution >= 0.6 is 11.3 Å². The number of ether oxygens (including phenoxy) is 2. The number of thiazole rings is 1. The quantitative estimate of drug-likeness (QED) is 0.808. The van der Waals surface area contributed by atoms with Crippen molar-refractivity contribution in [1.29, 1.82) is 0 Å². The molecule has 1 N–H and O–H groups in total. The molecule has 3 heterocycles. The second kappa shape index (κ2) is 7.79. The fourth-order valence-electron chi connectivity index (χ4n) is 4.15. The summed E-state index contributed by atoms with van der Waals surface area (Å²) in [5.41, 5.74) is 1.85. The van der Waals surface area contributed by atoms with Gasteiger partial charge in [-0.15, -0.1) is 11.3 Å². The van der Waals surface area contributed by atoms with Crippen molar-refractivity contribution in [3.63, 3.8) is 0 Å². The van der Waals surface area contributed by atoms with Gasteiger partial charge in [0.2, 0.25) is 18.6 Å². The van der Waals surface area contributed by atoms with Gasteiger partial charge < -0.3 is 24.6 Å². The number of fused-ring (bicyclic) bond motifs is 2. The van der Waals surface area contributed by atoms with Crippen LogP contribution in [0, 0.1) is 5.92 Å². The topological polar surface area (TPSA) is 84.0 Å². The summed E-state index contributed by atoms with van der Waals surface area (Å²) in [4.78, 5) is 34.5. The molecule has 1 aromatic heterocycles. The first-order chi connectivity index (χ1) is 14.6. The lowest BCUT2D eigenvalue weighted by molar-refractivity contribution is -0.129. The molecule has 0 saturated carbocycles. The zero-order valence-corrected chi connectivity index (χ0v) is 17.7. The molecule has 1 atom stereocenters. The van der Waals surface area contributed by atoms with Crippen LogP contribution in [0.1, 0.15) is 23.9 Å². The number of carbonyl (C=O) groups excluding carboxylic acids is 2. The summed E-state index contributed by atoms with van der Waals surface area (Å²) in [6, 6.07) is 5.46. The van der Waals surface area contributed by atoms with Crippen molar-refractivity contribution < 1.29 is 19.1 Å². The Labute approximate surface area is 178 Å². The number of amides is 2. The van der Waals surface area contributed by atoms with E-state index in [0.29, 0.717) is 11.5 Å². The molecule has 1 fully saturated rings. The highest BCUT2D eigenvalue weighted by molar-refractivity contribution is 7.15. The molecule has 5 rings (SSSR count). The van der Waals surface area contributed by atoms with E-state index in [4.69, 9.17) is 14.5 Å². The lowest BCUT2D eigenvalue weighted by Gasteiger charge is -2.33. The minimum Gasteiger partial charge on any atom is -0.454 e. The maximum absolute atomic E-state index is 12.8. The van der Waals surface area contributed by atoms with E-state index in [9.17, 15) is 9.59 Å². The van der Waals surface area contributed by atoms with Crippen LogP contribution in [0.25, 0.3) is 0 Å². The molecule has 2 aliphatic heterocycles. The van der Waals surface area contributed by atoms with E-state index in [1.165, 1.54) is 4.88 Å². The largest absolute Gasteiger partial charge is 0.454 e. The number of aryl methyl sites for hydroxylation is 1. The number of piperazine rings is 1. The molecule has 2 amide bonds. The van der Waals surface area contributed by atoms with Gasteiger partial charge in [0.1, 0.15) is 0 Å². The fourth-order valence-corrected chi connectivity index (χ4v) is 5.39. The minimum absolute atomic E-state index is 0.0320. The number of nitrogens with zero attached hydrogens (tertiary/aromatic N) is 3. The first kappa shape index (κ1) is 19.2. The van der Waals surface area contributed by atoms with Crippen LogP contribution in [0.2, 0.25) is 0 Å². The number of carbonyl (C=O) groups is 2. The van der Waals surface area contributed by atoms with E-state index in [1.807, 2.05) is 17.0 Å². The smallest absolute Gasteiger partial charge is 0.231 e. The van der Waals surface area contributed by atoms with Gasteiger partial charge in [0.05, 0.1) is 5.69 Å². The first-order valence-corrected chi connectivity index (χ1v) is 11.1. The van der Waals surface area contributed by atoms with Gasteiger partial charge in [-0.3, -0.25) is 9.59 Å². The van der Waals surface area contributed by atoms with E-state index in [1.54, 1.807) is 24.3 Å². The second-order valence-electron chi connectivity index (χ2n) is 7.86. The van der Waals surface area contributed by atoms with Gasteiger partial charge in [-0.2, -0.15) is 0 Å². The van der Waals surface area contributed by atoms with Crippen molar-refractivity contribution in [2.75, 3.05) is 43.2 Å². The summed E-state index contributed by atoms with van der Waals surface area (Å²) in [7, 11) is 0. The molecule has 0 spiro atoms. The standard InChI is InChI=1S/C21H24N4O4S/c1-13(26)24-6-8-25(9-7-24)21-23-16-4-2-14(10-19(16)30-21)20(27)22-15-3-5-17-18(11-15)29-12-28-17/h3,5,11,14H,2,4,6-10,12H2,1H3,(H,22,27)/t14-/m0/s1. The van der Waals surface area contributed by atoms with Crippen LogP contribution in [0.3, 0.4) is 0 Å². The molecule has 8 nitrogen and oxygen atoms in total. The van der Waals surface area contributed by atoms with Crippen LogP contribution in [0.5, 0.6) is 11.5 Å². The summed E-state index contributed by atoms with van der Waals surface area (Å²) >= 11 is 1.69. The average Bonchev–Trinajstić information content (AvgIpc) is 3.39. The van der Waals surface area contributed by atoms with Crippen molar-refractivity contribution in [3.05, 3.63) is 28.8 Å². The Hall–Kier alpha value is -2.81. The lowest BCUT2D eigenvalue weighted by atomic mass is 9.90. The van der Waals surface area contributed by atoms with E-state index >= 15 is 0 Å². The molecule has 9 heteroatoms. The number of benzene rings is 1. The van der Waals surface area contributed by atoms with E-state index in [2.05, 4.69) is 10.2 Å². The Bertz CT molecular complexity index is 983. The highest BCUT2D eigenvalue weighted by atomic mass is 32.1. The molecule has 1 aromatic carbocycles. The molecule has 1 aliphatic carbocycles. The van der Waals surface area contributed by atoms with Gasteiger partial charge in [0.25, 0.3) is 0 Å². The molecule has 158 valence electrons. The van der Waals surface area contributed by atoms with Crippen LogP contribution in [-0.2, 0) is 22.4 Å². The predicted molar refractivity (Wildman–Crippen MR) is 113 cm³/mol. The van der Waals surface area contributed by atoms with Gasteiger partial charge >= 0.3 is 0 Å². The lowest BCUT2D eigenvalue weighted by Crippen LogP contribution is -2.48. The molecule has 3 aliphatic rings. The van der Waals surface area contributed by atoms with Gasteiger partial charge in [-0.05, 0) is 31.4 Å². The zero-order valence-electron chi connectivity index (χ0n) is 16.8. The van der Waals surface area contributed by atoms with Gasteiger partial charge in [-0.1, -0.05) is 0 Å². The van der Waals surface area contributed by atoms with Crippen molar-refractivity contribution in [1.82, 2.24) is 9.88 Å². The third-order valence-electron chi connectivity index (χ3n) is 5.93. The predicted octanol–water partition coefficient (Wildman–Crippen LogP) is 2.28. The monoisotopic (exact) mass is 428 g/mol. The highest BCUT2D eigenvalue weighted by Gasteiger charge is 2.30. The zero-order chi connectivity index (χ0) is 20.7. The van der Waals surface area contributed by atoms with Crippen LogP contribution in [-0.4, -0.2) is 54.7 Å². The molecule has 0 bridgehead atoms. The third kappa shape index (κ3) is 3.69. The minimum atomic E-state index is -0.0641. The molecule has 0 radical (unpaired) electrons. The van der Waals surface area contributed by atoms with Crippen LogP contribution in [0.4, 0.5) is 10.8 Å². The van der Waals surface area contributed by atoms with Gasteiger partial charge in [0, 0.05) is 55.7 Å². The summed E-state index contributed by atoms with van der Waals surface area (Å²) in [5, 5.41) is 4.03. The van der Waals surface area contributed by atoms with Crippen molar-refractivity contribution in [2.45, 2.75) is 26.2 Å². The van der Waals surface area contributed by atoms with Crippen LogP contribution < -0.4 is 19.7 Å². The van der Waals surface area contributed by atoms with Crippen molar-refractivity contribution in [2.24, 2.45) is 5.92 Å². The first-order valence-electron chi connectivity index (χ1n) is 10.3. The SMILES string of the molecule is CC(=O)N1CCN(c2nc3c(s2)C[C@@H](C(=O)Nc2ccc4c(c2)OCO4)CC3)CC1. The average molecular weight is 429 g/mol. The van der Waals surface area contributed by atoms with Gasteiger partial charge in [-0.25, -0.2) is 4.98 Å². The molecule has 1 saturated heterocycles. The van der Waals surface area contributed by atoms with E-state index in [0.717, 1.165) is 62.0 Å². The molecule has 0 unspecified atom stereocenters. The number of hydrogen-bond donors (Lipinski definition) is 1. The number of hydrogen-bond acceptors (Lipinski definition) is 7.